The van der Waals surface area contributed by atoms with Gasteiger partial charge in [0, 0.05) is 38.8 Å². The van der Waals surface area contributed by atoms with E-state index < -0.39 is 17.5 Å². The van der Waals surface area contributed by atoms with Crippen LogP contribution in [0.3, 0.4) is 0 Å². The van der Waals surface area contributed by atoms with Gasteiger partial charge in [-0.2, -0.15) is 4.98 Å². The van der Waals surface area contributed by atoms with Crippen LogP contribution < -0.4 is 15.5 Å². The van der Waals surface area contributed by atoms with Gasteiger partial charge in [0.15, 0.2) is 5.82 Å². The molecule has 2 aromatic rings. The second kappa shape index (κ2) is 5.90. The number of aromatic nitrogens is 2. The fraction of sp³-hybridized carbons (Fsp3) is 0.500. The van der Waals surface area contributed by atoms with E-state index in [9.17, 15) is 9.59 Å². The lowest BCUT2D eigenvalue weighted by atomic mass is 10.1. The smallest absolute Gasteiger partial charge is 0.338 e. The van der Waals surface area contributed by atoms with Gasteiger partial charge >= 0.3 is 5.69 Å². The Morgan fingerprint density at radius 2 is 1.85 bits per heavy atom. The molecule has 2 unspecified atom stereocenters. The topological polar surface area (TPSA) is 61.7 Å². The summed E-state index contributed by atoms with van der Waals surface area (Å²) in [6, 6.07) is -0.610. The Bertz CT molecular complexity index is 1050. The summed E-state index contributed by atoms with van der Waals surface area (Å²) in [4.78, 5) is 35.5. The number of anilines is 2. The van der Waals surface area contributed by atoms with E-state index in [1.807, 2.05) is 18.9 Å². The number of amides is 1. The van der Waals surface area contributed by atoms with Crippen molar-refractivity contribution in [3.8, 4) is 0 Å². The molecular weight excluding hydrogens is 373 g/mol. The van der Waals surface area contributed by atoms with E-state index in [1.165, 1.54) is 16.5 Å². The third-order valence-corrected chi connectivity index (χ3v) is 6.12. The second-order valence-electron chi connectivity index (χ2n) is 7.49. The fourth-order valence-electron chi connectivity index (χ4n) is 4.32. The number of likely N-dealkylation sites (N-methyl/N-ethyl adjacent to an activating group) is 2. The number of nitrogens with zero attached hydrogens (tertiary/aromatic N) is 5. The van der Waals surface area contributed by atoms with Crippen LogP contribution in [0.25, 0.3) is 10.9 Å². The van der Waals surface area contributed by atoms with Crippen LogP contribution in [-0.2, 0) is 11.8 Å². The predicted molar refractivity (Wildman–Crippen MR) is 103 cm³/mol. The molecule has 0 radical (unpaired) electrons. The summed E-state index contributed by atoms with van der Waals surface area (Å²) < 4.78 is 16.3. The summed E-state index contributed by atoms with van der Waals surface area (Å²) in [7, 11) is 5.06. The Morgan fingerprint density at radius 1 is 1.19 bits per heavy atom. The number of benzene rings is 1. The molecule has 1 fully saturated rings. The zero-order valence-electron chi connectivity index (χ0n) is 15.9. The third-order valence-electron chi connectivity index (χ3n) is 5.66. The summed E-state index contributed by atoms with van der Waals surface area (Å²) in [5, 5.41) is 0.568. The highest BCUT2D eigenvalue weighted by Gasteiger charge is 2.43. The second-order valence-corrected chi connectivity index (χ2v) is 7.87. The van der Waals surface area contributed by atoms with Crippen LogP contribution in [0.4, 0.5) is 15.9 Å². The maximum absolute atomic E-state index is 15.2. The standard InChI is InChI=1S/C18H21ClFN5O2/c1-8-6-22(3)7-10-17(26)23(4)14-11-15(13(20)9(2)12(14)19)24(5)18(27)21-16(11)25(8)10/h8,10H,6-7H2,1-5H3. The van der Waals surface area contributed by atoms with Gasteiger partial charge in [-0.3, -0.25) is 9.36 Å². The average Bonchev–Trinajstić information content (AvgIpc) is 2.69. The third kappa shape index (κ3) is 2.32. The van der Waals surface area contributed by atoms with Crippen LogP contribution in [-0.4, -0.2) is 59.6 Å². The van der Waals surface area contributed by atoms with Gasteiger partial charge in [-0.05, 0) is 20.9 Å². The molecule has 2 aliphatic heterocycles. The highest BCUT2D eigenvalue weighted by molar-refractivity contribution is 6.37. The minimum absolute atomic E-state index is 0.0806. The van der Waals surface area contributed by atoms with Gasteiger partial charge in [-0.25, -0.2) is 9.18 Å². The quantitative estimate of drug-likeness (QED) is 0.679. The molecule has 1 saturated heterocycles. The maximum atomic E-state index is 15.2. The number of carbonyl (C=O) groups is 1. The number of carbonyl (C=O) groups excluding carboxylic acids is 1. The first-order valence-electron chi connectivity index (χ1n) is 8.77. The van der Waals surface area contributed by atoms with Crippen LogP contribution in [0.5, 0.6) is 0 Å². The molecule has 2 aliphatic rings. The molecule has 2 atom stereocenters. The summed E-state index contributed by atoms with van der Waals surface area (Å²) in [5.41, 5.74) is 0.160. The number of halogens is 2. The Morgan fingerprint density at radius 3 is 2.52 bits per heavy atom. The van der Waals surface area contributed by atoms with Crippen molar-refractivity contribution in [3.05, 3.63) is 26.9 Å². The van der Waals surface area contributed by atoms with E-state index in [-0.39, 0.29) is 28.1 Å². The minimum atomic E-state index is -0.567. The molecule has 0 bridgehead atoms. The van der Waals surface area contributed by atoms with Crippen molar-refractivity contribution in [2.75, 3.05) is 37.0 Å². The number of fused-ring (bicyclic) bond motifs is 2. The van der Waals surface area contributed by atoms with Gasteiger partial charge in [-0.15, -0.1) is 0 Å². The Hall–Kier alpha value is -2.19. The molecule has 144 valence electrons. The molecule has 7 nitrogen and oxygen atoms in total. The van der Waals surface area contributed by atoms with E-state index >= 15 is 4.39 Å². The van der Waals surface area contributed by atoms with Crippen molar-refractivity contribution >= 4 is 39.9 Å². The zero-order valence-corrected chi connectivity index (χ0v) is 16.6. The van der Waals surface area contributed by atoms with E-state index in [4.69, 9.17) is 11.6 Å². The van der Waals surface area contributed by atoms with Gasteiger partial charge in [0.1, 0.15) is 11.9 Å². The van der Waals surface area contributed by atoms with Crippen molar-refractivity contribution in [2.24, 2.45) is 7.05 Å². The zero-order chi connectivity index (χ0) is 19.8. The van der Waals surface area contributed by atoms with Crippen LogP contribution in [0.2, 0.25) is 5.02 Å². The molecule has 1 amide bonds. The van der Waals surface area contributed by atoms with Crippen LogP contribution in [0, 0.1) is 12.7 Å². The van der Waals surface area contributed by atoms with E-state index in [2.05, 4.69) is 9.88 Å². The molecule has 1 aromatic carbocycles. The van der Waals surface area contributed by atoms with Crippen molar-refractivity contribution in [1.82, 2.24) is 14.5 Å². The van der Waals surface area contributed by atoms with Crippen LogP contribution in [0.1, 0.15) is 12.5 Å². The number of hydrogen-bond acceptors (Lipinski definition) is 5. The van der Waals surface area contributed by atoms with Gasteiger partial charge in [0.25, 0.3) is 5.91 Å². The molecule has 9 heteroatoms. The van der Waals surface area contributed by atoms with Gasteiger partial charge in [0.2, 0.25) is 0 Å². The minimum Gasteiger partial charge on any atom is -0.338 e. The summed E-state index contributed by atoms with van der Waals surface area (Å²) in [6.07, 6.45) is 0. The Kier molecular flexibility index (Phi) is 3.98. The Labute approximate surface area is 160 Å². The monoisotopic (exact) mass is 393 g/mol. The number of aryl methyl sites for hydroxylation is 1. The van der Waals surface area contributed by atoms with Crippen molar-refractivity contribution in [1.29, 1.82) is 0 Å². The normalized spacial score (nSPS) is 23.0. The lowest BCUT2D eigenvalue weighted by molar-refractivity contribution is -0.120. The first-order valence-corrected chi connectivity index (χ1v) is 9.15. The average molecular weight is 394 g/mol. The van der Waals surface area contributed by atoms with Crippen molar-refractivity contribution < 1.29 is 9.18 Å². The largest absolute Gasteiger partial charge is 0.349 e. The first kappa shape index (κ1) is 18.2. The van der Waals surface area contributed by atoms with E-state index in [0.29, 0.717) is 30.0 Å². The molecule has 1 aromatic heterocycles. The predicted octanol–water partition coefficient (Wildman–Crippen LogP) is 1.52. The highest BCUT2D eigenvalue weighted by Crippen LogP contribution is 2.45. The van der Waals surface area contributed by atoms with Gasteiger partial charge < -0.3 is 14.7 Å². The lowest BCUT2D eigenvalue weighted by Crippen LogP contribution is -2.62. The number of piperazine rings is 1. The molecule has 0 saturated carbocycles. The van der Waals surface area contributed by atoms with Gasteiger partial charge in [-0.1, -0.05) is 11.6 Å². The fourth-order valence-corrected chi connectivity index (χ4v) is 4.62. The summed E-state index contributed by atoms with van der Waals surface area (Å²) in [5.74, 6) is -0.397. The van der Waals surface area contributed by atoms with Gasteiger partial charge in [0.05, 0.1) is 21.6 Å². The molecule has 0 aliphatic carbocycles. The van der Waals surface area contributed by atoms with Crippen molar-refractivity contribution in [2.45, 2.75) is 25.9 Å². The van der Waals surface area contributed by atoms with Crippen LogP contribution in [0.15, 0.2) is 4.79 Å². The Balaban J connectivity index is 2.21. The molecule has 0 spiro atoms. The molecule has 0 N–H and O–H groups in total. The number of hydrogen-bond donors (Lipinski definition) is 0. The SMILES string of the molecule is Cc1c(Cl)c2c3c(nc(=O)n(C)c3c1F)N1C(C)CN(C)CC1C(=O)N2C. The van der Waals surface area contributed by atoms with Crippen LogP contribution >= 0.6 is 11.6 Å². The molecule has 3 heterocycles. The molecule has 4 rings (SSSR count). The summed E-state index contributed by atoms with van der Waals surface area (Å²) in [6.45, 7) is 4.70. The summed E-state index contributed by atoms with van der Waals surface area (Å²) >= 11 is 6.49. The molecular formula is C18H21ClFN5O2. The lowest BCUT2D eigenvalue weighted by Gasteiger charge is -2.44. The number of rotatable bonds is 0. The maximum Gasteiger partial charge on any atom is 0.349 e. The van der Waals surface area contributed by atoms with E-state index in [0.717, 1.165) is 0 Å². The first-order chi connectivity index (χ1) is 12.6. The van der Waals surface area contributed by atoms with Crippen molar-refractivity contribution in [3.63, 3.8) is 0 Å². The van der Waals surface area contributed by atoms with E-state index in [1.54, 1.807) is 14.0 Å². The molecule has 27 heavy (non-hydrogen) atoms. The highest BCUT2D eigenvalue weighted by atomic mass is 35.5.